The summed E-state index contributed by atoms with van der Waals surface area (Å²) in [5, 5.41) is 8.75. The van der Waals surface area contributed by atoms with Crippen molar-refractivity contribution in [2.75, 3.05) is 19.8 Å². The summed E-state index contributed by atoms with van der Waals surface area (Å²) >= 11 is 0. The molecule has 1 aliphatic rings. The molecule has 1 N–H and O–H groups in total. The molecule has 0 radical (unpaired) electrons. The van der Waals surface area contributed by atoms with Gasteiger partial charge in [0.1, 0.15) is 6.61 Å². The molecule has 1 aromatic carbocycles. The van der Waals surface area contributed by atoms with Crippen molar-refractivity contribution in [2.45, 2.75) is 25.5 Å². The van der Waals surface area contributed by atoms with Crippen LogP contribution in [0.2, 0.25) is 0 Å². The van der Waals surface area contributed by atoms with Crippen LogP contribution < -0.4 is 0 Å². The van der Waals surface area contributed by atoms with Gasteiger partial charge in [-0.05, 0) is 12.0 Å². The van der Waals surface area contributed by atoms with E-state index in [0.29, 0.717) is 26.2 Å². The van der Waals surface area contributed by atoms with Gasteiger partial charge in [0.25, 0.3) is 0 Å². The van der Waals surface area contributed by atoms with Crippen molar-refractivity contribution < 1.29 is 24.2 Å². The fourth-order valence-electron chi connectivity index (χ4n) is 2.23. The van der Waals surface area contributed by atoms with Crippen LogP contribution in [0.3, 0.4) is 0 Å². The van der Waals surface area contributed by atoms with Crippen LogP contribution in [-0.4, -0.2) is 47.9 Å². The largest absolute Gasteiger partial charge is 0.481 e. The van der Waals surface area contributed by atoms with Gasteiger partial charge in [-0.2, -0.15) is 0 Å². The molecule has 1 saturated heterocycles. The second-order valence-corrected chi connectivity index (χ2v) is 4.89. The predicted octanol–water partition coefficient (Wildman–Crippen LogP) is 1.89. The summed E-state index contributed by atoms with van der Waals surface area (Å²) in [6.07, 6.45) is -0.0377. The zero-order valence-corrected chi connectivity index (χ0v) is 11.7. The highest BCUT2D eigenvalue weighted by atomic mass is 16.6. The average molecular weight is 293 g/mol. The van der Waals surface area contributed by atoms with Crippen molar-refractivity contribution in [3.8, 4) is 0 Å². The molecule has 0 aromatic heterocycles. The van der Waals surface area contributed by atoms with E-state index in [9.17, 15) is 9.59 Å². The number of carboxylic acids is 1. The summed E-state index contributed by atoms with van der Waals surface area (Å²) in [6.45, 7) is 1.44. The lowest BCUT2D eigenvalue weighted by Crippen LogP contribution is -2.49. The van der Waals surface area contributed by atoms with E-state index in [4.69, 9.17) is 14.6 Å². The van der Waals surface area contributed by atoms with Crippen molar-refractivity contribution in [2.24, 2.45) is 0 Å². The van der Waals surface area contributed by atoms with Crippen molar-refractivity contribution in [1.82, 2.24) is 4.90 Å². The molecule has 0 aliphatic carbocycles. The maximum Gasteiger partial charge on any atom is 0.410 e. The van der Waals surface area contributed by atoms with E-state index in [2.05, 4.69) is 0 Å². The number of ether oxygens (including phenoxy) is 2. The van der Waals surface area contributed by atoms with E-state index >= 15 is 0 Å². The SMILES string of the molecule is O=C(O)CCC1COCCN1C(=O)OCc1ccccc1. The molecular formula is C15H19NO5. The Balaban J connectivity index is 1.87. The minimum atomic E-state index is -0.877. The zero-order valence-electron chi connectivity index (χ0n) is 11.7. The highest BCUT2D eigenvalue weighted by Crippen LogP contribution is 2.15. The Labute approximate surface area is 123 Å². The first kappa shape index (κ1) is 15.3. The standard InChI is InChI=1S/C15H19NO5/c17-14(18)7-6-13-11-20-9-8-16(13)15(19)21-10-12-4-2-1-3-5-12/h1-5,13H,6-11H2,(H,17,18). The second-order valence-electron chi connectivity index (χ2n) is 4.89. The molecule has 6 heteroatoms. The summed E-state index contributed by atoms with van der Waals surface area (Å²) in [5.41, 5.74) is 0.918. The number of carbonyl (C=O) groups excluding carboxylic acids is 1. The van der Waals surface area contributed by atoms with Crippen molar-refractivity contribution in [3.63, 3.8) is 0 Å². The van der Waals surface area contributed by atoms with Crippen molar-refractivity contribution >= 4 is 12.1 Å². The number of carbonyl (C=O) groups is 2. The van der Waals surface area contributed by atoms with Crippen LogP contribution in [0, 0.1) is 0 Å². The van der Waals surface area contributed by atoms with Gasteiger partial charge >= 0.3 is 12.1 Å². The molecule has 1 aliphatic heterocycles. The molecule has 114 valence electrons. The lowest BCUT2D eigenvalue weighted by atomic mass is 10.1. The van der Waals surface area contributed by atoms with Gasteiger partial charge in [0.05, 0.1) is 19.3 Å². The Kier molecular flexibility index (Phi) is 5.57. The monoisotopic (exact) mass is 293 g/mol. The normalized spacial score (nSPS) is 18.3. The molecule has 1 atom stereocenters. The van der Waals surface area contributed by atoms with Gasteiger partial charge < -0.3 is 19.5 Å². The molecule has 21 heavy (non-hydrogen) atoms. The smallest absolute Gasteiger partial charge is 0.410 e. The second kappa shape index (κ2) is 7.64. The first-order valence-corrected chi connectivity index (χ1v) is 6.93. The number of rotatable bonds is 5. The van der Waals surface area contributed by atoms with Gasteiger partial charge in [-0.15, -0.1) is 0 Å². The van der Waals surface area contributed by atoms with Crippen LogP contribution >= 0.6 is 0 Å². The zero-order chi connectivity index (χ0) is 15.1. The summed E-state index contributed by atoms with van der Waals surface area (Å²) in [4.78, 5) is 24.3. The Morgan fingerprint density at radius 2 is 2.10 bits per heavy atom. The van der Waals surface area contributed by atoms with Gasteiger partial charge in [0, 0.05) is 13.0 Å². The van der Waals surface area contributed by atoms with E-state index in [0.717, 1.165) is 5.56 Å². The Hall–Kier alpha value is -2.08. The van der Waals surface area contributed by atoms with Crippen molar-refractivity contribution in [1.29, 1.82) is 0 Å². The molecule has 0 bridgehead atoms. The summed E-state index contributed by atoms with van der Waals surface area (Å²) in [6, 6.07) is 9.19. The Morgan fingerprint density at radius 3 is 2.81 bits per heavy atom. The minimum Gasteiger partial charge on any atom is -0.481 e. The summed E-state index contributed by atoms with van der Waals surface area (Å²) in [5.74, 6) is -0.877. The topological polar surface area (TPSA) is 76.1 Å². The van der Waals surface area contributed by atoms with Crippen LogP contribution in [0.1, 0.15) is 18.4 Å². The van der Waals surface area contributed by atoms with Gasteiger partial charge in [-0.1, -0.05) is 30.3 Å². The molecule has 1 amide bonds. The van der Waals surface area contributed by atoms with Gasteiger partial charge in [0.15, 0.2) is 0 Å². The van der Waals surface area contributed by atoms with Crippen LogP contribution in [-0.2, 0) is 20.9 Å². The summed E-state index contributed by atoms with van der Waals surface area (Å²) < 4.78 is 10.6. The third kappa shape index (κ3) is 4.75. The fraction of sp³-hybridized carbons (Fsp3) is 0.467. The molecular weight excluding hydrogens is 274 g/mol. The molecule has 1 fully saturated rings. The number of hydrogen-bond donors (Lipinski definition) is 1. The summed E-state index contributed by atoms with van der Waals surface area (Å²) in [7, 11) is 0. The Bertz CT molecular complexity index is 476. The number of benzene rings is 1. The molecule has 0 saturated carbocycles. The number of amides is 1. The van der Waals surface area contributed by atoms with E-state index in [1.165, 1.54) is 0 Å². The van der Waals surface area contributed by atoms with Crippen LogP contribution in [0.4, 0.5) is 4.79 Å². The van der Waals surface area contributed by atoms with Crippen LogP contribution in [0.25, 0.3) is 0 Å². The Morgan fingerprint density at radius 1 is 1.33 bits per heavy atom. The third-order valence-electron chi connectivity index (χ3n) is 3.36. The molecule has 0 spiro atoms. The van der Waals surface area contributed by atoms with Gasteiger partial charge in [-0.25, -0.2) is 4.79 Å². The number of carboxylic acid groups (broad SMARTS) is 1. The van der Waals surface area contributed by atoms with Crippen LogP contribution in [0.5, 0.6) is 0 Å². The molecule has 1 unspecified atom stereocenters. The van der Waals surface area contributed by atoms with Crippen LogP contribution in [0.15, 0.2) is 30.3 Å². The first-order chi connectivity index (χ1) is 10.2. The minimum absolute atomic E-state index is 0.0104. The number of hydrogen-bond acceptors (Lipinski definition) is 4. The number of morpholine rings is 1. The third-order valence-corrected chi connectivity index (χ3v) is 3.36. The van der Waals surface area contributed by atoms with E-state index in [-0.39, 0.29) is 19.1 Å². The quantitative estimate of drug-likeness (QED) is 0.897. The number of aliphatic carboxylic acids is 1. The highest BCUT2D eigenvalue weighted by molar-refractivity contribution is 5.69. The molecule has 6 nitrogen and oxygen atoms in total. The fourth-order valence-corrected chi connectivity index (χ4v) is 2.23. The van der Waals surface area contributed by atoms with E-state index in [1.54, 1.807) is 4.90 Å². The molecule has 1 aromatic rings. The highest BCUT2D eigenvalue weighted by Gasteiger charge is 2.28. The number of nitrogens with zero attached hydrogens (tertiary/aromatic N) is 1. The maximum absolute atomic E-state index is 12.1. The van der Waals surface area contributed by atoms with E-state index < -0.39 is 12.1 Å². The lowest BCUT2D eigenvalue weighted by Gasteiger charge is -2.34. The van der Waals surface area contributed by atoms with Gasteiger partial charge in [-0.3, -0.25) is 4.79 Å². The predicted molar refractivity (Wildman–Crippen MR) is 74.8 cm³/mol. The molecule has 1 heterocycles. The maximum atomic E-state index is 12.1. The van der Waals surface area contributed by atoms with Crippen molar-refractivity contribution in [3.05, 3.63) is 35.9 Å². The molecule has 2 rings (SSSR count). The first-order valence-electron chi connectivity index (χ1n) is 6.93. The lowest BCUT2D eigenvalue weighted by molar-refractivity contribution is -0.137. The van der Waals surface area contributed by atoms with E-state index in [1.807, 2.05) is 30.3 Å². The average Bonchev–Trinajstić information content (AvgIpc) is 2.52. The van der Waals surface area contributed by atoms with Gasteiger partial charge in [0.2, 0.25) is 0 Å².